The average Bonchev–Trinajstić information content (AvgIpc) is 2.63. The van der Waals surface area contributed by atoms with Crippen LogP contribution in [0.1, 0.15) is 83.6 Å². The maximum absolute atomic E-state index is 12.3. The largest absolute Gasteiger partial charge is 0.426 e. The second-order valence-corrected chi connectivity index (χ2v) is 7.36. The highest BCUT2D eigenvalue weighted by Gasteiger charge is 2.26. The molecular formula is C22H34O2. The van der Waals surface area contributed by atoms with Gasteiger partial charge in [-0.05, 0) is 62.1 Å². The van der Waals surface area contributed by atoms with Gasteiger partial charge in [-0.3, -0.25) is 4.79 Å². The molecule has 0 unspecified atom stereocenters. The molecule has 0 saturated heterocycles. The molecule has 1 saturated carbocycles. The number of ether oxygens (including phenoxy) is 1. The Morgan fingerprint density at radius 2 is 1.62 bits per heavy atom. The Morgan fingerprint density at radius 3 is 2.25 bits per heavy atom. The van der Waals surface area contributed by atoms with Crippen LogP contribution in [0, 0.1) is 11.8 Å². The second kappa shape index (κ2) is 10.5. The van der Waals surface area contributed by atoms with Gasteiger partial charge in [0.1, 0.15) is 5.75 Å². The Hall–Kier alpha value is -1.31. The lowest BCUT2D eigenvalue weighted by atomic mass is 9.81. The first-order valence-corrected chi connectivity index (χ1v) is 10.0. The fourth-order valence-electron chi connectivity index (χ4n) is 3.66. The molecule has 1 aromatic rings. The van der Waals surface area contributed by atoms with E-state index in [-0.39, 0.29) is 11.9 Å². The highest BCUT2D eigenvalue weighted by molar-refractivity contribution is 5.75. The quantitative estimate of drug-likeness (QED) is 0.301. The van der Waals surface area contributed by atoms with E-state index in [0.717, 1.165) is 25.2 Å². The number of carbonyl (C=O) groups excluding carboxylic acids is 1. The molecule has 1 aromatic carbocycles. The summed E-state index contributed by atoms with van der Waals surface area (Å²) in [5, 5.41) is 0. The smallest absolute Gasteiger partial charge is 0.314 e. The van der Waals surface area contributed by atoms with Gasteiger partial charge in [-0.1, -0.05) is 58.1 Å². The first-order valence-electron chi connectivity index (χ1n) is 10.0. The van der Waals surface area contributed by atoms with Crippen LogP contribution in [0.15, 0.2) is 24.3 Å². The van der Waals surface area contributed by atoms with Crippen molar-refractivity contribution < 1.29 is 9.53 Å². The normalized spacial score (nSPS) is 20.8. The van der Waals surface area contributed by atoms with Crippen molar-refractivity contribution in [1.29, 1.82) is 0 Å². The lowest BCUT2D eigenvalue weighted by Gasteiger charge is -2.26. The lowest BCUT2D eigenvalue weighted by molar-refractivity contribution is -0.140. The van der Waals surface area contributed by atoms with E-state index in [1.54, 1.807) is 0 Å². The molecule has 0 atom stereocenters. The molecule has 2 nitrogen and oxygen atoms in total. The van der Waals surface area contributed by atoms with Crippen LogP contribution in [0.3, 0.4) is 0 Å². The van der Waals surface area contributed by atoms with Crippen molar-refractivity contribution in [2.45, 2.75) is 84.5 Å². The SMILES string of the molecule is CCCCCCCc1ccc(OC(=O)C2CCC(CC)CC2)cc1. The van der Waals surface area contributed by atoms with Crippen molar-refractivity contribution in [3.63, 3.8) is 0 Å². The number of unbranched alkanes of at least 4 members (excludes halogenated alkanes) is 4. The molecule has 0 N–H and O–H groups in total. The number of aryl methyl sites for hydroxylation is 1. The lowest BCUT2D eigenvalue weighted by Crippen LogP contribution is -2.25. The Kier molecular flexibility index (Phi) is 8.35. The summed E-state index contributed by atoms with van der Waals surface area (Å²) in [6.07, 6.45) is 13.2. The molecule has 134 valence electrons. The average molecular weight is 331 g/mol. The minimum Gasteiger partial charge on any atom is -0.426 e. The van der Waals surface area contributed by atoms with Crippen LogP contribution < -0.4 is 4.74 Å². The van der Waals surface area contributed by atoms with E-state index in [1.807, 2.05) is 12.1 Å². The summed E-state index contributed by atoms with van der Waals surface area (Å²) in [6, 6.07) is 8.13. The molecule has 0 heterocycles. The van der Waals surface area contributed by atoms with Gasteiger partial charge in [0.25, 0.3) is 0 Å². The van der Waals surface area contributed by atoms with E-state index in [2.05, 4.69) is 26.0 Å². The van der Waals surface area contributed by atoms with Gasteiger partial charge in [0, 0.05) is 0 Å². The number of hydrogen-bond donors (Lipinski definition) is 0. The molecule has 0 aromatic heterocycles. The molecule has 1 aliphatic rings. The van der Waals surface area contributed by atoms with Gasteiger partial charge in [-0.2, -0.15) is 0 Å². The number of hydrogen-bond acceptors (Lipinski definition) is 2. The summed E-state index contributed by atoms with van der Waals surface area (Å²) in [4.78, 5) is 12.3. The highest BCUT2D eigenvalue weighted by Crippen LogP contribution is 2.31. The molecule has 0 bridgehead atoms. The molecule has 0 amide bonds. The predicted octanol–water partition coefficient (Wildman–Crippen LogP) is 6.32. The summed E-state index contributed by atoms with van der Waals surface area (Å²) >= 11 is 0. The van der Waals surface area contributed by atoms with Gasteiger partial charge in [-0.25, -0.2) is 0 Å². The van der Waals surface area contributed by atoms with Crippen LogP contribution in [-0.4, -0.2) is 5.97 Å². The number of rotatable bonds is 9. The van der Waals surface area contributed by atoms with Crippen molar-refractivity contribution >= 4 is 5.97 Å². The van der Waals surface area contributed by atoms with E-state index in [9.17, 15) is 4.79 Å². The molecular weight excluding hydrogens is 296 g/mol. The van der Waals surface area contributed by atoms with Gasteiger partial charge < -0.3 is 4.74 Å². The first-order chi connectivity index (χ1) is 11.7. The minimum atomic E-state index is -0.0307. The molecule has 0 radical (unpaired) electrons. The third-order valence-corrected chi connectivity index (χ3v) is 5.47. The van der Waals surface area contributed by atoms with E-state index < -0.39 is 0 Å². The third kappa shape index (κ3) is 6.30. The van der Waals surface area contributed by atoms with Gasteiger partial charge >= 0.3 is 5.97 Å². The molecule has 24 heavy (non-hydrogen) atoms. The summed E-state index contributed by atoms with van der Waals surface area (Å²) in [5.41, 5.74) is 1.34. The Bertz CT molecular complexity index is 469. The van der Waals surface area contributed by atoms with E-state index >= 15 is 0 Å². The van der Waals surface area contributed by atoms with Crippen molar-refractivity contribution in [2.75, 3.05) is 0 Å². The molecule has 1 fully saturated rings. The fraction of sp³-hybridized carbons (Fsp3) is 0.682. The van der Waals surface area contributed by atoms with Crippen LogP contribution in [0.2, 0.25) is 0 Å². The molecule has 0 spiro atoms. The standard InChI is InChI=1S/C22H34O2/c1-3-5-6-7-8-9-19-12-16-21(17-13-19)24-22(23)20-14-10-18(4-2)11-15-20/h12-13,16-18,20H,3-11,14-15H2,1-2H3. The predicted molar refractivity (Wildman–Crippen MR) is 100 cm³/mol. The monoisotopic (exact) mass is 330 g/mol. The Labute approximate surface area is 148 Å². The van der Waals surface area contributed by atoms with Gasteiger partial charge in [-0.15, -0.1) is 0 Å². The van der Waals surface area contributed by atoms with E-state index in [0.29, 0.717) is 5.75 Å². The van der Waals surface area contributed by atoms with Crippen LogP contribution in [0.25, 0.3) is 0 Å². The minimum absolute atomic E-state index is 0.0307. The van der Waals surface area contributed by atoms with Gasteiger partial charge in [0.2, 0.25) is 0 Å². The zero-order valence-electron chi connectivity index (χ0n) is 15.6. The number of benzene rings is 1. The second-order valence-electron chi connectivity index (χ2n) is 7.36. The van der Waals surface area contributed by atoms with Crippen molar-refractivity contribution in [3.8, 4) is 5.75 Å². The summed E-state index contributed by atoms with van der Waals surface area (Å²) in [5.74, 6) is 1.58. The zero-order valence-corrected chi connectivity index (χ0v) is 15.6. The maximum Gasteiger partial charge on any atom is 0.314 e. The van der Waals surface area contributed by atoms with Crippen molar-refractivity contribution in [3.05, 3.63) is 29.8 Å². The highest BCUT2D eigenvalue weighted by atomic mass is 16.5. The first kappa shape index (κ1) is 19.0. The Morgan fingerprint density at radius 1 is 0.958 bits per heavy atom. The van der Waals surface area contributed by atoms with E-state index in [1.165, 1.54) is 56.9 Å². The van der Waals surface area contributed by atoms with Crippen LogP contribution in [-0.2, 0) is 11.2 Å². The third-order valence-electron chi connectivity index (χ3n) is 5.47. The van der Waals surface area contributed by atoms with Crippen LogP contribution in [0.4, 0.5) is 0 Å². The molecule has 2 rings (SSSR count). The van der Waals surface area contributed by atoms with Crippen LogP contribution >= 0.6 is 0 Å². The maximum atomic E-state index is 12.3. The van der Waals surface area contributed by atoms with Crippen LogP contribution in [0.5, 0.6) is 5.75 Å². The van der Waals surface area contributed by atoms with Gasteiger partial charge in [0.15, 0.2) is 0 Å². The van der Waals surface area contributed by atoms with Gasteiger partial charge in [0.05, 0.1) is 5.92 Å². The van der Waals surface area contributed by atoms with Crippen molar-refractivity contribution in [1.82, 2.24) is 0 Å². The molecule has 2 heteroatoms. The van der Waals surface area contributed by atoms with Crippen molar-refractivity contribution in [2.24, 2.45) is 11.8 Å². The Balaban J connectivity index is 1.72. The number of esters is 1. The zero-order chi connectivity index (χ0) is 17.2. The summed E-state index contributed by atoms with van der Waals surface area (Å²) in [6.45, 7) is 4.49. The van der Waals surface area contributed by atoms with E-state index in [4.69, 9.17) is 4.74 Å². The topological polar surface area (TPSA) is 26.3 Å². The fourth-order valence-corrected chi connectivity index (χ4v) is 3.66. The number of carbonyl (C=O) groups is 1. The molecule has 0 aliphatic heterocycles. The summed E-state index contributed by atoms with van der Waals surface area (Å²) < 4.78 is 5.60. The summed E-state index contributed by atoms with van der Waals surface area (Å²) in [7, 11) is 0. The molecule has 1 aliphatic carbocycles.